The van der Waals surface area contributed by atoms with E-state index in [0.29, 0.717) is 9.92 Å². The number of hydrogen-bond acceptors (Lipinski definition) is 2. The van der Waals surface area contributed by atoms with Gasteiger partial charge in [0.25, 0.3) is 0 Å². The van der Waals surface area contributed by atoms with Gasteiger partial charge in [0.2, 0.25) is 0 Å². The van der Waals surface area contributed by atoms with Gasteiger partial charge in [-0.3, -0.25) is 0 Å². The summed E-state index contributed by atoms with van der Waals surface area (Å²) in [6, 6.07) is 13.7. The molecule has 0 heterocycles. The van der Waals surface area contributed by atoms with E-state index in [-0.39, 0.29) is 5.75 Å². The van der Waals surface area contributed by atoms with Crippen LogP contribution < -0.4 is 0 Å². The minimum atomic E-state index is -3.29. The first-order valence-electron chi connectivity index (χ1n) is 5.51. The zero-order valence-electron chi connectivity index (χ0n) is 9.93. The maximum atomic E-state index is 12.2. The van der Waals surface area contributed by atoms with Gasteiger partial charge in [-0.15, -0.1) is 0 Å². The van der Waals surface area contributed by atoms with Crippen LogP contribution in [0.15, 0.2) is 53.4 Å². The molecule has 0 fully saturated rings. The Labute approximate surface area is 112 Å². The van der Waals surface area contributed by atoms with Crippen LogP contribution in [0.3, 0.4) is 0 Å². The average Bonchev–Trinajstić information content (AvgIpc) is 2.32. The molecule has 0 aliphatic heterocycles. The third-order valence-electron chi connectivity index (χ3n) is 2.65. The molecule has 2 rings (SSSR count). The third-order valence-corrected chi connectivity index (χ3v) is 4.61. The van der Waals surface area contributed by atoms with E-state index < -0.39 is 9.84 Å². The second kappa shape index (κ2) is 5.12. The van der Waals surface area contributed by atoms with Crippen molar-refractivity contribution in [2.24, 2.45) is 0 Å². The monoisotopic (exact) mass is 280 g/mol. The highest BCUT2D eigenvalue weighted by molar-refractivity contribution is 7.90. The van der Waals surface area contributed by atoms with Crippen LogP contribution in [-0.2, 0) is 15.6 Å². The first-order valence-corrected chi connectivity index (χ1v) is 7.54. The number of rotatable bonds is 3. The minimum Gasteiger partial charge on any atom is -0.223 e. The van der Waals surface area contributed by atoms with Gasteiger partial charge in [-0.05, 0) is 36.8 Å². The Morgan fingerprint density at radius 1 is 0.944 bits per heavy atom. The topological polar surface area (TPSA) is 34.1 Å². The Hall–Kier alpha value is -1.32. The molecule has 2 nitrogen and oxygen atoms in total. The minimum absolute atomic E-state index is 0.00672. The summed E-state index contributed by atoms with van der Waals surface area (Å²) >= 11 is 5.77. The first-order chi connectivity index (χ1) is 8.47. The zero-order chi connectivity index (χ0) is 13.2. The molecule has 0 aliphatic carbocycles. The molecule has 2 aromatic rings. The molecule has 0 saturated heterocycles. The van der Waals surface area contributed by atoms with E-state index in [4.69, 9.17) is 11.6 Å². The number of hydrogen-bond donors (Lipinski definition) is 0. The fraction of sp³-hybridized carbons (Fsp3) is 0.143. The molecular weight excluding hydrogens is 268 g/mol. The van der Waals surface area contributed by atoms with Gasteiger partial charge in [-0.1, -0.05) is 41.4 Å². The molecular formula is C14H13ClO2S. The van der Waals surface area contributed by atoms with E-state index in [0.717, 1.165) is 11.1 Å². The molecule has 0 radical (unpaired) electrons. The van der Waals surface area contributed by atoms with Gasteiger partial charge in [0.05, 0.1) is 10.6 Å². The fourth-order valence-corrected chi connectivity index (χ4v) is 3.10. The van der Waals surface area contributed by atoms with Crippen molar-refractivity contribution in [2.75, 3.05) is 0 Å². The highest BCUT2D eigenvalue weighted by Crippen LogP contribution is 2.18. The van der Waals surface area contributed by atoms with Crippen LogP contribution in [0, 0.1) is 6.92 Å². The van der Waals surface area contributed by atoms with E-state index in [2.05, 4.69) is 0 Å². The lowest BCUT2D eigenvalue weighted by molar-refractivity contribution is 0.595. The predicted octanol–water partition coefficient (Wildman–Crippen LogP) is 3.62. The van der Waals surface area contributed by atoms with Crippen LogP contribution in [0.1, 0.15) is 11.1 Å². The van der Waals surface area contributed by atoms with Crippen molar-refractivity contribution < 1.29 is 8.42 Å². The number of sulfone groups is 1. The maximum Gasteiger partial charge on any atom is 0.182 e. The number of benzene rings is 2. The summed E-state index contributed by atoms with van der Waals surface area (Å²) in [4.78, 5) is 0.350. The third kappa shape index (κ3) is 3.12. The SMILES string of the molecule is Cc1ccc(S(=O)(=O)Cc2ccc(Cl)cc2)cc1. The molecule has 0 unspecified atom stereocenters. The molecule has 0 aromatic heterocycles. The Balaban J connectivity index is 2.27. The van der Waals surface area contributed by atoms with E-state index >= 15 is 0 Å². The average molecular weight is 281 g/mol. The van der Waals surface area contributed by atoms with Crippen molar-refractivity contribution >= 4 is 21.4 Å². The molecule has 0 atom stereocenters. The smallest absolute Gasteiger partial charge is 0.182 e. The molecule has 0 spiro atoms. The van der Waals surface area contributed by atoms with Crippen LogP contribution >= 0.6 is 11.6 Å². The molecule has 0 aliphatic rings. The van der Waals surface area contributed by atoms with Gasteiger partial charge in [-0.25, -0.2) is 8.42 Å². The van der Waals surface area contributed by atoms with Crippen molar-refractivity contribution in [2.45, 2.75) is 17.6 Å². The van der Waals surface area contributed by atoms with Gasteiger partial charge in [0.15, 0.2) is 9.84 Å². The van der Waals surface area contributed by atoms with Crippen molar-refractivity contribution in [3.05, 3.63) is 64.7 Å². The first kappa shape index (κ1) is 13.1. The summed E-state index contributed by atoms with van der Waals surface area (Å²) in [5, 5.41) is 0.603. The Morgan fingerprint density at radius 3 is 2.06 bits per heavy atom. The van der Waals surface area contributed by atoms with Crippen LogP contribution in [-0.4, -0.2) is 8.42 Å². The summed E-state index contributed by atoms with van der Waals surface area (Å²) in [6.07, 6.45) is 0. The molecule has 0 amide bonds. The van der Waals surface area contributed by atoms with Crippen molar-refractivity contribution in [3.63, 3.8) is 0 Å². The lowest BCUT2D eigenvalue weighted by atomic mass is 10.2. The quantitative estimate of drug-likeness (QED) is 0.860. The molecule has 2 aromatic carbocycles. The number of aryl methyl sites for hydroxylation is 1. The molecule has 0 saturated carbocycles. The maximum absolute atomic E-state index is 12.2. The van der Waals surface area contributed by atoms with E-state index in [9.17, 15) is 8.42 Å². The highest BCUT2D eigenvalue weighted by Gasteiger charge is 2.14. The zero-order valence-corrected chi connectivity index (χ0v) is 11.5. The van der Waals surface area contributed by atoms with E-state index in [1.807, 2.05) is 6.92 Å². The summed E-state index contributed by atoms with van der Waals surface area (Å²) in [5.74, 6) is -0.00672. The lowest BCUT2D eigenvalue weighted by Crippen LogP contribution is -2.04. The molecule has 0 bridgehead atoms. The molecule has 18 heavy (non-hydrogen) atoms. The van der Waals surface area contributed by atoms with Gasteiger partial charge in [0.1, 0.15) is 0 Å². The summed E-state index contributed by atoms with van der Waals surface area (Å²) in [7, 11) is -3.29. The molecule has 4 heteroatoms. The van der Waals surface area contributed by atoms with Gasteiger partial charge in [0, 0.05) is 5.02 Å². The lowest BCUT2D eigenvalue weighted by Gasteiger charge is -2.05. The largest absolute Gasteiger partial charge is 0.223 e. The van der Waals surface area contributed by atoms with E-state index in [1.165, 1.54) is 0 Å². The van der Waals surface area contributed by atoms with Gasteiger partial charge >= 0.3 is 0 Å². The Morgan fingerprint density at radius 2 is 1.50 bits per heavy atom. The number of halogens is 1. The van der Waals surface area contributed by atoms with Gasteiger partial charge < -0.3 is 0 Å². The Kier molecular flexibility index (Phi) is 3.73. The van der Waals surface area contributed by atoms with Crippen LogP contribution in [0.5, 0.6) is 0 Å². The van der Waals surface area contributed by atoms with Crippen LogP contribution in [0.2, 0.25) is 5.02 Å². The van der Waals surface area contributed by atoms with Crippen molar-refractivity contribution in [1.82, 2.24) is 0 Å². The second-order valence-corrected chi connectivity index (χ2v) is 6.62. The highest BCUT2D eigenvalue weighted by atomic mass is 35.5. The summed E-state index contributed by atoms with van der Waals surface area (Å²) in [6.45, 7) is 1.93. The summed E-state index contributed by atoms with van der Waals surface area (Å²) < 4.78 is 24.3. The van der Waals surface area contributed by atoms with Crippen molar-refractivity contribution in [3.8, 4) is 0 Å². The second-order valence-electron chi connectivity index (χ2n) is 4.20. The Bertz CT molecular complexity index is 628. The molecule has 0 N–H and O–H groups in total. The predicted molar refractivity (Wildman–Crippen MR) is 73.5 cm³/mol. The van der Waals surface area contributed by atoms with Crippen molar-refractivity contribution in [1.29, 1.82) is 0 Å². The standard InChI is InChI=1S/C14H13ClO2S/c1-11-2-8-14(9-3-11)18(16,17)10-12-4-6-13(15)7-5-12/h2-9H,10H2,1H3. The van der Waals surface area contributed by atoms with Crippen LogP contribution in [0.4, 0.5) is 0 Å². The molecule has 94 valence electrons. The van der Waals surface area contributed by atoms with E-state index in [1.54, 1.807) is 48.5 Å². The summed E-state index contributed by atoms with van der Waals surface area (Å²) in [5.41, 5.74) is 1.78. The fourth-order valence-electron chi connectivity index (χ4n) is 1.63. The normalized spacial score (nSPS) is 11.4. The van der Waals surface area contributed by atoms with Crippen LogP contribution in [0.25, 0.3) is 0 Å². The van der Waals surface area contributed by atoms with Gasteiger partial charge in [-0.2, -0.15) is 0 Å².